The molecule has 0 radical (unpaired) electrons. The topological polar surface area (TPSA) is 83.3 Å². The van der Waals surface area contributed by atoms with Crippen LogP contribution >= 0.6 is 0 Å². The molecular weight excluding hydrogens is 266 g/mol. The second-order valence-corrected chi connectivity index (χ2v) is 6.13. The molecule has 6 nitrogen and oxygen atoms in total. The molecule has 0 spiro atoms. The van der Waals surface area contributed by atoms with Crippen molar-refractivity contribution >= 4 is 10.0 Å². The summed E-state index contributed by atoms with van der Waals surface area (Å²) in [5.74, 6) is 0. The lowest BCUT2D eigenvalue weighted by Gasteiger charge is -2.31. The number of pyridine rings is 1. The van der Waals surface area contributed by atoms with Crippen LogP contribution in [0.15, 0.2) is 23.2 Å². The third-order valence-corrected chi connectivity index (χ3v) is 4.95. The highest BCUT2D eigenvalue weighted by atomic mass is 32.2. The van der Waals surface area contributed by atoms with E-state index >= 15 is 0 Å². The van der Waals surface area contributed by atoms with E-state index in [1.54, 1.807) is 0 Å². The van der Waals surface area contributed by atoms with E-state index < -0.39 is 10.0 Å². The van der Waals surface area contributed by atoms with Gasteiger partial charge in [0.25, 0.3) is 0 Å². The Hall–Kier alpha value is -1.49. The SMILES string of the molecule is CCC1CN(S(=O)(=O)c2cccnc2C#N)CCO1. The first-order valence-corrected chi connectivity index (χ1v) is 7.50. The maximum atomic E-state index is 12.5. The van der Waals surface area contributed by atoms with Crippen LogP contribution in [-0.2, 0) is 14.8 Å². The van der Waals surface area contributed by atoms with Crippen LogP contribution in [0.25, 0.3) is 0 Å². The maximum Gasteiger partial charge on any atom is 0.246 e. The number of aromatic nitrogens is 1. The summed E-state index contributed by atoms with van der Waals surface area (Å²) in [6.07, 6.45) is 2.07. The van der Waals surface area contributed by atoms with E-state index in [2.05, 4.69) is 4.98 Å². The molecular formula is C12H15N3O3S. The van der Waals surface area contributed by atoms with Gasteiger partial charge in [-0.15, -0.1) is 0 Å². The highest BCUT2D eigenvalue weighted by Crippen LogP contribution is 2.21. The Bertz CT molecular complexity index is 594. The van der Waals surface area contributed by atoms with Crippen molar-refractivity contribution < 1.29 is 13.2 Å². The van der Waals surface area contributed by atoms with E-state index in [1.165, 1.54) is 22.6 Å². The Morgan fingerprint density at radius 3 is 3.11 bits per heavy atom. The predicted molar refractivity (Wildman–Crippen MR) is 67.7 cm³/mol. The van der Waals surface area contributed by atoms with Crippen LogP contribution < -0.4 is 0 Å². The average Bonchev–Trinajstić information content (AvgIpc) is 2.47. The molecule has 102 valence electrons. The van der Waals surface area contributed by atoms with E-state index in [4.69, 9.17) is 10.00 Å². The van der Waals surface area contributed by atoms with Crippen LogP contribution in [0.3, 0.4) is 0 Å². The summed E-state index contributed by atoms with van der Waals surface area (Å²) in [7, 11) is -3.68. The lowest BCUT2D eigenvalue weighted by molar-refractivity contribution is -0.00278. The molecule has 1 aromatic rings. The summed E-state index contributed by atoms with van der Waals surface area (Å²) in [5.41, 5.74) is -0.0676. The number of sulfonamides is 1. The van der Waals surface area contributed by atoms with Crippen molar-refractivity contribution in [2.45, 2.75) is 24.3 Å². The predicted octanol–water partition coefficient (Wildman–Crippen LogP) is 0.753. The molecule has 0 saturated carbocycles. The van der Waals surface area contributed by atoms with Crippen LogP contribution in [0, 0.1) is 11.3 Å². The summed E-state index contributed by atoms with van der Waals surface area (Å²) >= 11 is 0. The maximum absolute atomic E-state index is 12.5. The van der Waals surface area contributed by atoms with Crippen molar-refractivity contribution in [1.82, 2.24) is 9.29 Å². The van der Waals surface area contributed by atoms with Crippen LogP contribution in [0.1, 0.15) is 19.0 Å². The monoisotopic (exact) mass is 281 g/mol. The van der Waals surface area contributed by atoms with E-state index in [-0.39, 0.29) is 16.7 Å². The molecule has 2 heterocycles. The quantitative estimate of drug-likeness (QED) is 0.816. The normalized spacial score (nSPS) is 20.9. The van der Waals surface area contributed by atoms with E-state index in [1.807, 2.05) is 13.0 Å². The zero-order valence-corrected chi connectivity index (χ0v) is 11.4. The smallest absolute Gasteiger partial charge is 0.246 e. The van der Waals surface area contributed by atoms with Gasteiger partial charge in [0.15, 0.2) is 5.69 Å². The molecule has 0 amide bonds. The number of morpholine rings is 1. The van der Waals surface area contributed by atoms with Gasteiger partial charge in [-0.3, -0.25) is 0 Å². The molecule has 7 heteroatoms. The summed E-state index contributed by atoms with van der Waals surface area (Å²) in [6, 6.07) is 4.75. The van der Waals surface area contributed by atoms with Gasteiger partial charge in [-0.1, -0.05) is 6.92 Å². The Labute approximate surface area is 112 Å². The van der Waals surface area contributed by atoms with Crippen molar-refractivity contribution in [1.29, 1.82) is 5.26 Å². The summed E-state index contributed by atoms with van der Waals surface area (Å²) < 4.78 is 31.8. The second kappa shape index (κ2) is 5.65. The zero-order chi connectivity index (χ0) is 13.9. The molecule has 1 aromatic heterocycles. The van der Waals surface area contributed by atoms with Gasteiger partial charge in [0, 0.05) is 19.3 Å². The fraction of sp³-hybridized carbons (Fsp3) is 0.500. The average molecular weight is 281 g/mol. The van der Waals surface area contributed by atoms with Gasteiger partial charge in [0.05, 0.1) is 12.7 Å². The van der Waals surface area contributed by atoms with Crippen LogP contribution in [0.2, 0.25) is 0 Å². The molecule has 0 aromatic carbocycles. The van der Waals surface area contributed by atoms with Crippen molar-refractivity contribution in [3.8, 4) is 6.07 Å². The van der Waals surface area contributed by atoms with E-state index in [0.29, 0.717) is 19.7 Å². The fourth-order valence-corrected chi connectivity index (χ4v) is 3.53. The van der Waals surface area contributed by atoms with Gasteiger partial charge in [-0.2, -0.15) is 9.57 Å². The molecule has 19 heavy (non-hydrogen) atoms. The van der Waals surface area contributed by atoms with E-state index in [0.717, 1.165) is 6.42 Å². The van der Waals surface area contributed by atoms with Gasteiger partial charge in [0.1, 0.15) is 11.0 Å². The molecule has 1 aliphatic rings. The van der Waals surface area contributed by atoms with Gasteiger partial charge in [-0.25, -0.2) is 13.4 Å². The third-order valence-electron chi connectivity index (χ3n) is 3.05. The molecule has 2 rings (SSSR count). The number of hydrogen-bond donors (Lipinski definition) is 0. The van der Waals surface area contributed by atoms with Crippen LogP contribution in [0.4, 0.5) is 0 Å². The molecule has 1 atom stereocenters. The van der Waals surface area contributed by atoms with Crippen LogP contribution in [0.5, 0.6) is 0 Å². The minimum absolute atomic E-state index is 0.0331. The lowest BCUT2D eigenvalue weighted by Crippen LogP contribution is -2.45. The number of hydrogen-bond acceptors (Lipinski definition) is 5. The lowest BCUT2D eigenvalue weighted by atomic mass is 10.2. The molecule has 1 saturated heterocycles. The zero-order valence-electron chi connectivity index (χ0n) is 10.6. The Morgan fingerprint density at radius 1 is 1.63 bits per heavy atom. The van der Waals surface area contributed by atoms with Crippen LogP contribution in [-0.4, -0.2) is 43.5 Å². The van der Waals surface area contributed by atoms with Gasteiger partial charge in [-0.05, 0) is 18.6 Å². The highest BCUT2D eigenvalue weighted by Gasteiger charge is 2.32. The molecule has 0 aliphatic carbocycles. The first-order valence-electron chi connectivity index (χ1n) is 6.06. The standard InChI is InChI=1S/C12H15N3O3S/c1-2-10-9-15(6-7-18-10)19(16,17)12-4-3-5-14-11(12)8-13/h3-5,10H,2,6-7,9H2,1H3. The van der Waals surface area contributed by atoms with Crippen molar-refractivity contribution in [3.63, 3.8) is 0 Å². The van der Waals surface area contributed by atoms with Crippen molar-refractivity contribution in [2.24, 2.45) is 0 Å². The Morgan fingerprint density at radius 2 is 2.42 bits per heavy atom. The number of ether oxygens (including phenoxy) is 1. The largest absolute Gasteiger partial charge is 0.375 e. The summed E-state index contributed by atoms with van der Waals surface area (Å²) in [6.45, 7) is 2.95. The van der Waals surface area contributed by atoms with Gasteiger partial charge < -0.3 is 4.74 Å². The minimum Gasteiger partial charge on any atom is -0.375 e. The summed E-state index contributed by atoms with van der Waals surface area (Å²) in [4.78, 5) is 3.77. The number of nitrogens with zero attached hydrogens (tertiary/aromatic N) is 3. The number of nitriles is 1. The highest BCUT2D eigenvalue weighted by molar-refractivity contribution is 7.89. The van der Waals surface area contributed by atoms with Gasteiger partial charge >= 0.3 is 0 Å². The third kappa shape index (κ3) is 2.76. The summed E-state index contributed by atoms with van der Waals surface area (Å²) in [5, 5.41) is 8.96. The molecule has 1 aliphatic heterocycles. The number of rotatable bonds is 3. The molecule has 1 unspecified atom stereocenters. The molecule has 0 N–H and O–H groups in total. The Kier molecular flexibility index (Phi) is 4.14. The molecule has 1 fully saturated rings. The van der Waals surface area contributed by atoms with Crippen molar-refractivity contribution in [3.05, 3.63) is 24.0 Å². The second-order valence-electron chi connectivity index (χ2n) is 4.23. The van der Waals surface area contributed by atoms with Gasteiger partial charge in [0.2, 0.25) is 10.0 Å². The first-order chi connectivity index (χ1) is 9.09. The Balaban J connectivity index is 2.35. The first kappa shape index (κ1) is 13.9. The van der Waals surface area contributed by atoms with Crippen molar-refractivity contribution in [2.75, 3.05) is 19.7 Å². The fourth-order valence-electron chi connectivity index (χ4n) is 1.98. The molecule has 0 bridgehead atoms. The van der Waals surface area contributed by atoms with E-state index in [9.17, 15) is 8.42 Å². The minimum atomic E-state index is -3.68.